The highest BCUT2D eigenvalue weighted by Gasteiger charge is 2.10. The van der Waals surface area contributed by atoms with Crippen LogP contribution in [0.25, 0.3) is 0 Å². The van der Waals surface area contributed by atoms with E-state index in [1.165, 1.54) is 12.2 Å². The Bertz CT molecular complexity index is 656. The third kappa shape index (κ3) is 26.9. The largest absolute Gasteiger partial charge is 0.463 e. The Morgan fingerprint density at radius 2 is 0.775 bits per heavy atom. The Morgan fingerprint density at radius 1 is 0.475 bits per heavy atom. The maximum Gasteiger partial charge on any atom is 0.331 e. The standard InChI is InChI=1S/C20H36O4.C12H20O4/c1-5-9-11-17(7-3)15-23-19(21)13-14-20(22)24-16-18(8-4)12-10-6-2;1-3-5-9-15-11(13)7-8-12(14)16-10-6-4-2/h13-14,17-18H,5-12,15-16H2,1-4H3;7-8H,3-6,9-10H2,1-2H3. The molecule has 232 valence electrons. The molecule has 0 aromatic rings. The van der Waals surface area contributed by atoms with E-state index in [1.54, 1.807) is 0 Å². The van der Waals surface area contributed by atoms with E-state index >= 15 is 0 Å². The third-order valence-electron chi connectivity index (χ3n) is 6.20. The number of rotatable bonds is 22. The van der Waals surface area contributed by atoms with Gasteiger partial charge in [-0.25, -0.2) is 19.2 Å². The summed E-state index contributed by atoms with van der Waals surface area (Å²) in [5.74, 6) is -1.14. The second-order valence-electron chi connectivity index (χ2n) is 9.80. The van der Waals surface area contributed by atoms with Gasteiger partial charge < -0.3 is 18.9 Å². The van der Waals surface area contributed by atoms with Crippen molar-refractivity contribution in [1.29, 1.82) is 0 Å². The molecule has 0 radical (unpaired) electrons. The summed E-state index contributed by atoms with van der Waals surface area (Å²) in [4.78, 5) is 45.4. The molecule has 8 nitrogen and oxygen atoms in total. The lowest BCUT2D eigenvalue weighted by molar-refractivity contribution is -0.142. The zero-order valence-corrected chi connectivity index (χ0v) is 26.0. The summed E-state index contributed by atoms with van der Waals surface area (Å²) in [6.07, 6.45) is 16.9. The first-order valence-electron chi connectivity index (χ1n) is 15.3. The average Bonchev–Trinajstić information content (AvgIpc) is 2.95. The highest BCUT2D eigenvalue weighted by atomic mass is 16.5. The van der Waals surface area contributed by atoms with Crippen LogP contribution < -0.4 is 0 Å². The average molecular weight is 569 g/mol. The molecule has 0 amide bonds. The lowest BCUT2D eigenvalue weighted by Crippen LogP contribution is -2.14. The Morgan fingerprint density at radius 3 is 1.05 bits per heavy atom. The quantitative estimate of drug-likeness (QED) is 0.0580. The van der Waals surface area contributed by atoms with Crippen LogP contribution in [-0.4, -0.2) is 50.3 Å². The third-order valence-corrected chi connectivity index (χ3v) is 6.20. The van der Waals surface area contributed by atoms with Crippen molar-refractivity contribution >= 4 is 23.9 Å². The molecule has 40 heavy (non-hydrogen) atoms. The molecule has 0 rings (SSSR count). The number of carbonyl (C=O) groups excluding carboxylic acids is 4. The summed E-state index contributed by atoms with van der Waals surface area (Å²) in [7, 11) is 0. The summed E-state index contributed by atoms with van der Waals surface area (Å²) < 4.78 is 20.1. The molecule has 0 bridgehead atoms. The molecular formula is C32H56O8. The second kappa shape index (κ2) is 29.3. The van der Waals surface area contributed by atoms with Gasteiger partial charge in [-0.1, -0.05) is 92.9 Å². The van der Waals surface area contributed by atoms with E-state index in [2.05, 4.69) is 27.7 Å². The van der Waals surface area contributed by atoms with Gasteiger partial charge in [0.1, 0.15) is 0 Å². The van der Waals surface area contributed by atoms with Crippen LogP contribution in [-0.2, 0) is 38.1 Å². The molecule has 2 unspecified atom stereocenters. The lowest BCUT2D eigenvalue weighted by Gasteiger charge is -2.14. The summed E-state index contributed by atoms with van der Waals surface area (Å²) >= 11 is 0. The fraction of sp³-hybridized carbons (Fsp3) is 0.750. The monoisotopic (exact) mass is 568 g/mol. The first-order valence-corrected chi connectivity index (χ1v) is 15.3. The maximum atomic E-state index is 11.7. The Hall–Kier alpha value is -2.64. The SMILES string of the molecule is CCCCC(CC)COC(=O)C=CC(=O)OCC(CC)CCCC.CCCCOC(=O)C=CC(=O)OCCCC. The van der Waals surface area contributed by atoms with Crippen LogP contribution >= 0.6 is 0 Å². The fourth-order valence-corrected chi connectivity index (χ4v) is 3.29. The molecule has 0 aliphatic rings. The van der Waals surface area contributed by atoms with Crippen molar-refractivity contribution in [3.8, 4) is 0 Å². The number of carbonyl (C=O) groups is 4. The maximum absolute atomic E-state index is 11.7. The van der Waals surface area contributed by atoms with Gasteiger partial charge in [0.15, 0.2) is 0 Å². The Kier molecular flexibility index (Phi) is 29.0. The first-order chi connectivity index (χ1) is 19.3. The molecule has 0 saturated heterocycles. The van der Waals surface area contributed by atoms with Crippen molar-refractivity contribution in [2.75, 3.05) is 26.4 Å². The molecule has 0 aromatic heterocycles. The minimum Gasteiger partial charge on any atom is -0.463 e. The van der Waals surface area contributed by atoms with Crippen LogP contribution in [0.2, 0.25) is 0 Å². The Balaban J connectivity index is 0. The minimum absolute atomic E-state index is 0.393. The number of unbranched alkanes of at least 4 members (excludes halogenated alkanes) is 4. The van der Waals surface area contributed by atoms with Crippen LogP contribution in [0.15, 0.2) is 24.3 Å². The lowest BCUT2D eigenvalue weighted by atomic mass is 10.0. The Labute approximate surface area is 243 Å². The zero-order valence-electron chi connectivity index (χ0n) is 26.0. The molecule has 0 aliphatic carbocycles. The molecule has 0 heterocycles. The van der Waals surface area contributed by atoms with Gasteiger partial charge >= 0.3 is 23.9 Å². The normalized spacial score (nSPS) is 12.3. The summed E-state index contributed by atoms with van der Waals surface area (Å²) in [5.41, 5.74) is 0. The van der Waals surface area contributed by atoms with Crippen molar-refractivity contribution in [2.24, 2.45) is 11.8 Å². The summed E-state index contributed by atoms with van der Waals surface area (Å²) in [5, 5.41) is 0. The van der Waals surface area contributed by atoms with Gasteiger partial charge in [-0.15, -0.1) is 0 Å². The van der Waals surface area contributed by atoms with Gasteiger partial charge in [-0.05, 0) is 37.5 Å². The van der Waals surface area contributed by atoms with Crippen molar-refractivity contribution in [3.05, 3.63) is 24.3 Å². The molecule has 0 aliphatic heterocycles. The van der Waals surface area contributed by atoms with Gasteiger partial charge in [0, 0.05) is 24.3 Å². The van der Waals surface area contributed by atoms with E-state index in [1.807, 2.05) is 13.8 Å². The minimum atomic E-state index is -0.499. The van der Waals surface area contributed by atoms with E-state index in [-0.39, 0.29) is 0 Å². The fourth-order valence-electron chi connectivity index (χ4n) is 3.29. The number of hydrogen-bond acceptors (Lipinski definition) is 8. The molecule has 0 spiro atoms. The van der Waals surface area contributed by atoms with Gasteiger partial charge in [0.05, 0.1) is 26.4 Å². The summed E-state index contributed by atoms with van der Waals surface area (Å²) in [6.45, 7) is 14.1. The molecule has 0 N–H and O–H groups in total. The van der Waals surface area contributed by atoms with E-state index in [0.29, 0.717) is 38.3 Å². The van der Waals surface area contributed by atoms with Crippen LogP contribution in [0.1, 0.15) is 119 Å². The van der Waals surface area contributed by atoms with Crippen LogP contribution in [0, 0.1) is 11.8 Å². The molecule has 0 aromatic carbocycles. The van der Waals surface area contributed by atoms with Gasteiger partial charge in [-0.3, -0.25) is 0 Å². The van der Waals surface area contributed by atoms with Crippen molar-refractivity contribution in [3.63, 3.8) is 0 Å². The van der Waals surface area contributed by atoms with Crippen molar-refractivity contribution in [2.45, 2.75) is 119 Å². The second-order valence-corrected chi connectivity index (χ2v) is 9.80. The van der Waals surface area contributed by atoms with Crippen LogP contribution in [0.4, 0.5) is 0 Å². The number of esters is 4. The van der Waals surface area contributed by atoms with Gasteiger partial charge in [0.25, 0.3) is 0 Å². The van der Waals surface area contributed by atoms with Crippen molar-refractivity contribution in [1.82, 2.24) is 0 Å². The highest BCUT2D eigenvalue weighted by Crippen LogP contribution is 2.14. The molecular weight excluding hydrogens is 512 g/mol. The van der Waals surface area contributed by atoms with E-state index < -0.39 is 23.9 Å². The van der Waals surface area contributed by atoms with E-state index in [0.717, 1.165) is 89.2 Å². The predicted octanol–water partition coefficient (Wildman–Crippen LogP) is 7.29. The smallest absolute Gasteiger partial charge is 0.331 e. The number of hydrogen-bond donors (Lipinski definition) is 0. The highest BCUT2D eigenvalue weighted by molar-refractivity contribution is 5.92. The number of ether oxygens (including phenoxy) is 4. The molecule has 2 atom stereocenters. The molecule has 0 fully saturated rings. The molecule has 0 saturated carbocycles. The first kappa shape index (κ1) is 39.5. The zero-order chi connectivity index (χ0) is 30.4. The van der Waals surface area contributed by atoms with Crippen LogP contribution in [0.5, 0.6) is 0 Å². The van der Waals surface area contributed by atoms with Crippen molar-refractivity contribution < 1.29 is 38.1 Å². The van der Waals surface area contributed by atoms with E-state index in [9.17, 15) is 19.2 Å². The molecule has 8 heteroatoms. The van der Waals surface area contributed by atoms with Crippen LogP contribution in [0.3, 0.4) is 0 Å². The predicted molar refractivity (Wildman–Crippen MR) is 159 cm³/mol. The van der Waals surface area contributed by atoms with E-state index in [4.69, 9.17) is 18.9 Å². The summed E-state index contributed by atoms with van der Waals surface area (Å²) in [6, 6.07) is 0. The topological polar surface area (TPSA) is 105 Å². The van der Waals surface area contributed by atoms with Gasteiger partial charge in [0.2, 0.25) is 0 Å². The van der Waals surface area contributed by atoms with Gasteiger partial charge in [-0.2, -0.15) is 0 Å².